The zero-order chi connectivity index (χ0) is 16.9. The predicted octanol–water partition coefficient (Wildman–Crippen LogP) is 2.50. The SMILES string of the molecule is COC(=O)C1CCCN1C(=O)c1ccc(OCc2cscn2)cc1. The Hall–Kier alpha value is -2.41. The third-order valence-electron chi connectivity index (χ3n) is 3.96. The number of aromatic nitrogens is 1. The molecule has 1 unspecified atom stereocenters. The minimum absolute atomic E-state index is 0.158. The number of nitrogens with zero attached hydrogens (tertiary/aromatic N) is 2. The molecule has 3 rings (SSSR count). The second-order valence-corrected chi connectivity index (χ2v) is 6.19. The topological polar surface area (TPSA) is 68.7 Å². The van der Waals surface area contributed by atoms with Crippen molar-refractivity contribution in [3.05, 3.63) is 46.4 Å². The maximum absolute atomic E-state index is 12.6. The maximum Gasteiger partial charge on any atom is 0.328 e. The van der Waals surface area contributed by atoms with Crippen molar-refractivity contribution in [2.24, 2.45) is 0 Å². The van der Waals surface area contributed by atoms with Crippen LogP contribution in [0.25, 0.3) is 0 Å². The molecule has 126 valence electrons. The molecule has 1 fully saturated rings. The van der Waals surface area contributed by atoms with E-state index in [1.807, 2.05) is 5.38 Å². The van der Waals surface area contributed by atoms with Gasteiger partial charge >= 0.3 is 5.97 Å². The summed E-state index contributed by atoms with van der Waals surface area (Å²) in [5.74, 6) is 0.156. The third-order valence-corrected chi connectivity index (χ3v) is 4.59. The van der Waals surface area contributed by atoms with Crippen LogP contribution in [-0.2, 0) is 16.1 Å². The van der Waals surface area contributed by atoms with E-state index in [1.54, 1.807) is 34.7 Å². The summed E-state index contributed by atoms with van der Waals surface area (Å²) in [7, 11) is 1.35. The predicted molar refractivity (Wildman–Crippen MR) is 89.0 cm³/mol. The molecule has 2 aromatic rings. The van der Waals surface area contributed by atoms with E-state index in [0.717, 1.165) is 12.1 Å². The van der Waals surface area contributed by atoms with E-state index in [-0.39, 0.29) is 11.9 Å². The Morgan fingerprint density at radius 2 is 2.12 bits per heavy atom. The molecule has 6 nitrogen and oxygen atoms in total. The molecule has 1 amide bonds. The minimum atomic E-state index is -0.483. The van der Waals surface area contributed by atoms with Crippen molar-refractivity contribution in [3.63, 3.8) is 0 Å². The van der Waals surface area contributed by atoms with Crippen LogP contribution >= 0.6 is 11.3 Å². The first-order chi connectivity index (χ1) is 11.7. The van der Waals surface area contributed by atoms with Crippen molar-refractivity contribution >= 4 is 23.2 Å². The van der Waals surface area contributed by atoms with E-state index in [1.165, 1.54) is 18.4 Å². The summed E-state index contributed by atoms with van der Waals surface area (Å²) in [6.45, 7) is 0.966. The number of rotatable bonds is 5. The molecule has 1 atom stereocenters. The van der Waals surface area contributed by atoms with Gasteiger partial charge in [-0.25, -0.2) is 9.78 Å². The van der Waals surface area contributed by atoms with Crippen LogP contribution in [-0.4, -0.2) is 41.5 Å². The Kier molecular flexibility index (Phi) is 5.10. The minimum Gasteiger partial charge on any atom is -0.487 e. The molecule has 2 heterocycles. The lowest BCUT2D eigenvalue weighted by molar-refractivity contribution is -0.145. The van der Waals surface area contributed by atoms with Gasteiger partial charge in [-0.15, -0.1) is 11.3 Å². The average Bonchev–Trinajstić information content (AvgIpc) is 3.30. The maximum atomic E-state index is 12.6. The van der Waals surface area contributed by atoms with Gasteiger partial charge in [-0.1, -0.05) is 0 Å². The Bertz CT molecular complexity index is 700. The highest BCUT2D eigenvalue weighted by Gasteiger charge is 2.35. The number of hydrogen-bond acceptors (Lipinski definition) is 6. The first-order valence-electron chi connectivity index (χ1n) is 7.68. The van der Waals surface area contributed by atoms with Crippen molar-refractivity contribution in [3.8, 4) is 5.75 Å². The second kappa shape index (κ2) is 7.44. The highest BCUT2D eigenvalue weighted by Crippen LogP contribution is 2.22. The van der Waals surface area contributed by atoms with Crippen LogP contribution in [0, 0.1) is 0 Å². The quantitative estimate of drug-likeness (QED) is 0.778. The number of thiazole rings is 1. The number of esters is 1. The van der Waals surface area contributed by atoms with Crippen molar-refractivity contribution in [2.45, 2.75) is 25.5 Å². The summed E-state index contributed by atoms with van der Waals surface area (Å²) < 4.78 is 10.4. The highest BCUT2D eigenvalue weighted by molar-refractivity contribution is 7.07. The molecule has 0 saturated carbocycles. The van der Waals surface area contributed by atoms with Gasteiger partial charge in [0.25, 0.3) is 5.91 Å². The zero-order valence-corrected chi connectivity index (χ0v) is 14.1. The largest absolute Gasteiger partial charge is 0.487 e. The van der Waals surface area contributed by atoms with E-state index in [2.05, 4.69) is 4.98 Å². The summed E-state index contributed by atoms with van der Waals surface area (Å²) in [6, 6.07) is 6.45. The van der Waals surface area contributed by atoms with Gasteiger partial charge in [-0.05, 0) is 37.1 Å². The van der Waals surface area contributed by atoms with Gasteiger partial charge in [-0.3, -0.25) is 4.79 Å². The Morgan fingerprint density at radius 1 is 1.33 bits per heavy atom. The van der Waals surface area contributed by atoms with Gasteiger partial charge in [0.2, 0.25) is 0 Å². The highest BCUT2D eigenvalue weighted by atomic mass is 32.1. The molecular formula is C17H18N2O4S. The smallest absolute Gasteiger partial charge is 0.328 e. The van der Waals surface area contributed by atoms with Crippen molar-refractivity contribution in [1.82, 2.24) is 9.88 Å². The zero-order valence-electron chi connectivity index (χ0n) is 13.3. The van der Waals surface area contributed by atoms with E-state index in [4.69, 9.17) is 9.47 Å². The Labute approximate surface area is 144 Å². The van der Waals surface area contributed by atoms with Gasteiger partial charge < -0.3 is 14.4 Å². The van der Waals surface area contributed by atoms with Gasteiger partial charge in [0.05, 0.1) is 18.3 Å². The summed E-state index contributed by atoms with van der Waals surface area (Å²) in [5, 5.41) is 1.93. The fourth-order valence-electron chi connectivity index (χ4n) is 2.72. The molecule has 1 aliphatic heterocycles. The molecule has 0 radical (unpaired) electrons. The number of carbonyl (C=O) groups is 2. The number of benzene rings is 1. The molecule has 0 spiro atoms. The van der Waals surface area contributed by atoms with Crippen LogP contribution in [0.2, 0.25) is 0 Å². The number of amides is 1. The molecule has 7 heteroatoms. The molecule has 1 aliphatic rings. The van der Waals surface area contributed by atoms with Crippen LogP contribution in [0.4, 0.5) is 0 Å². The van der Waals surface area contributed by atoms with Crippen LogP contribution < -0.4 is 4.74 Å². The van der Waals surface area contributed by atoms with E-state index in [9.17, 15) is 9.59 Å². The van der Waals surface area contributed by atoms with Crippen LogP contribution in [0.15, 0.2) is 35.2 Å². The molecule has 1 aromatic heterocycles. The van der Waals surface area contributed by atoms with Crippen LogP contribution in [0.5, 0.6) is 5.75 Å². The Balaban J connectivity index is 1.64. The summed E-state index contributed by atoms with van der Waals surface area (Å²) in [5.41, 5.74) is 3.17. The fraction of sp³-hybridized carbons (Fsp3) is 0.353. The summed E-state index contributed by atoms with van der Waals surface area (Å²) in [4.78, 5) is 30.1. The second-order valence-electron chi connectivity index (χ2n) is 5.47. The molecule has 24 heavy (non-hydrogen) atoms. The molecule has 1 saturated heterocycles. The normalized spacial score (nSPS) is 16.9. The lowest BCUT2D eigenvalue weighted by Gasteiger charge is -2.22. The lowest BCUT2D eigenvalue weighted by Crippen LogP contribution is -2.41. The number of likely N-dealkylation sites (tertiary alicyclic amines) is 1. The number of methoxy groups -OCH3 is 1. The monoisotopic (exact) mass is 346 g/mol. The summed E-state index contributed by atoms with van der Waals surface area (Å²) >= 11 is 1.52. The van der Waals surface area contributed by atoms with E-state index in [0.29, 0.717) is 30.9 Å². The van der Waals surface area contributed by atoms with Crippen molar-refractivity contribution in [2.75, 3.05) is 13.7 Å². The van der Waals surface area contributed by atoms with Crippen molar-refractivity contribution in [1.29, 1.82) is 0 Å². The average molecular weight is 346 g/mol. The van der Waals surface area contributed by atoms with Gasteiger partial charge in [0.1, 0.15) is 18.4 Å². The van der Waals surface area contributed by atoms with E-state index < -0.39 is 6.04 Å². The number of carbonyl (C=O) groups excluding carboxylic acids is 2. The Morgan fingerprint density at radius 3 is 2.79 bits per heavy atom. The summed E-state index contributed by atoms with van der Waals surface area (Å²) in [6.07, 6.45) is 1.45. The van der Waals surface area contributed by atoms with Crippen LogP contribution in [0.3, 0.4) is 0 Å². The van der Waals surface area contributed by atoms with E-state index >= 15 is 0 Å². The van der Waals surface area contributed by atoms with Crippen LogP contribution in [0.1, 0.15) is 28.9 Å². The number of hydrogen-bond donors (Lipinski definition) is 0. The molecule has 0 aliphatic carbocycles. The van der Waals surface area contributed by atoms with Gasteiger partial charge in [-0.2, -0.15) is 0 Å². The lowest BCUT2D eigenvalue weighted by atomic mass is 10.1. The number of ether oxygens (including phenoxy) is 2. The first kappa shape index (κ1) is 16.4. The molecule has 0 N–H and O–H groups in total. The van der Waals surface area contributed by atoms with Gasteiger partial charge in [0, 0.05) is 17.5 Å². The standard InChI is InChI=1S/C17H18N2O4S/c1-22-17(21)15-3-2-8-19(15)16(20)12-4-6-14(7-5-12)23-9-13-10-24-11-18-13/h4-7,10-11,15H,2-3,8-9H2,1H3. The third kappa shape index (κ3) is 3.56. The van der Waals surface area contributed by atoms with Gasteiger partial charge in [0.15, 0.2) is 0 Å². The molecule has 1 aromatic carbocycles. The van der Waals surface area contributed by atoms with Crippen molar-refractivity contribution < 1.29 is 19.1 Å². The molecule has 0 bridgehead atoms. The fourth-order valence-corrected chi connectivity index (χ4v) is 3.26. The first-order valence-corrected chi connectivity index (χ1v) is 8.62. The molecular weight excluding hydrogens is 328 g/mol.